The van der Waals surface area contributed by atoms with Crippen molar-refractivity contribution in [2.24, 2.45) is 0 Å². The molecule has 0 unspecified atom stereocenters. The number of hydrogen-bond donors (Lipinski definition) is 1. The molecule has 0 saturated heterocycles. The van der Waals surface area contributed by atoms with E-state index in [1.807, 2.05) is 24.3 Å². The molecule has 2 aromatic rings. The van der Waals surface area contributed by atoms with E-state index in [1.165, 1.54) is 6.20 Å². The fourth-order valence-corrected chi connectivity index (χ4v) is 2.71. The van der Waals surface area contributed by atoms with Crippen LogP contribution in [0.15, 0.2) is 42.6 Å². The summed E-state index contributed by atoms with van der Waals surface area (Å²) in [6, 6.07) is 10.7. The number of aromatic nitrogens is 1. The highest BCUT2D eigenvalue weighted by Crippen LogP contribution is 2.11. The molecule has 26 heavy (non-hydrogen) atoms. The summed E-state index contributed by atoms with van der Waals surface area (Å²) in [5, 5.41) is 3.54. The van der Waals surface area contributed by atoms with Crippen molar-refractivity contribution in [3.8, 4) is 0 Å². The van der Waals surface area contributed by atoms with Crippen LogP contribution in [0.3, 0.4) is 0 Å². The normalized spacial score (nSPS) is 10.4. The van der Waals surface area contributed by atoms with Crippen molar-refractivity contribution >= 4 is 23.4 Å². The predicted octanol–water partition coefficient (Wildman–Crippen LogP) is 3.58. The van der Waals surface area contributed by atoms with Crippen LogP contribution in [-0.2, 0) is 6.42 Å². The molecule has 1 heterocycles. The molecule has 0 radical (unpaired) electrons. The molecule has 0 atom stereocenters. The first-order chi connectivity index (χ1) is 12.5. The van der Waals surface area contributed by atoms with Crippen LogP contribution in [-0.4, -0.2) is 41.8 Å². The van der Waals surface area contributed by atoms with Crippen molar-refractivity contribution in [1.29, 1.82) is 0 Å². The van der Waals surface area contributed by atoms with Gasteiger partial charge in [0.1, 0.15) is 5.69 Å². The van der Waals surface area contributed by atoms with E-state index in [0.29, 0.717) is 30.1 Å². The van der Waals surface area contributed by atoms with E-state index in [9.17, 15) is 9.59 Å². The summed E-state index contributed by atoms with van der Waals surface area (Å²) < 4.78 is 0. The third kappa shape index (κ3) is 5.85. The van der Waals surface area contributed by atoms with Gasteiger partial charge >= 0.3 is 0 Å². The number of nitrogens with one attached hydrogen (secondary N) is 1. The molecule has 0 saturated carbocycles. The SMILES string of the molecule is CCCCN(C)C(=O)c1cc(C(=O)NCCc2cccc(Cl)c2)ccn1. The van der Waals surface area contributed by atoms with Crippen LogP contribution in [0.25, 0.3) is 0 Å². The van der Waals surface area contributed by atoms with E-state index in [4.69, 9.17) is 11.6 Å². The molecule has 6 heteroatoms. The highest BCUT2D eigenvalue weighted by atomic mass is 35.5. The second-order valence-corrected chi connectivity index (χ2v) is 6.58. The topological polar surface area (TPSA) is 62.3 Å². The second-order valence-electron chi connectivity index (χ2n) is 6.15. The molecular formula is C20H24ClN3O2. The Labute approximate surface area is 159 Å². The van der Waals surface area contributed by atoms with E-state index < -0.39 is 0 Å². The summed E-state index contributed by atoms with van der Waals surface area (Å²) in [4.78, 5) is 30.4. The van der Waals surface area contributed by atoms with Crippen LogP contribution in [0.4, 0.5) is 0 Å². The van der Waals surface area contributed by atoms with E-state index >= 15 is 0 Å². The number of hydrogen-bond acceptors (Lipinski definition) is 3. The Morgan fingerprint density at radius 2 is 2.04 bits per heavy atom. The average molecular weight is 374 g/mol. The quantitative estimate of drug-likeness (QED) is 0.769. The summed E-state index contributed by atoms with van der Waals surface area (Å²) in [7, 11) is 1.75. The molecule has 1 aromatic heterocycles. The first kappa shape index (κ1) is 19.9. The van der Waals surface area contributed by atoms with Gasteiger partial charge in [0.15, 0.2) is 0 Å². The number of carbonyl (C=O) groups excluding carboxylic acids is 2. The molecule has 5 nitrogen and oxygen atoms in total. The molecule has 1 aromatic carbocycles. The standard InChI is InChI=1S/C20H24ClN3O2/c1-3-4-12-24(2)20(26)18-14-16(9-11-22-18)19(25)23-10-8-15-6-5-7-17(21)13-15/h5-7,9,11,13-14H,3-4,8,10,12H2,1-2H3,(H,23,25). The first-order valence-electron chi connectivity index (χ1n) is 8.75. The van der Waals surface area contributed by atoms with Gasteiger partial charge in [0.2, 0.25) is 0 Å². The van der Waals surface area contributed by atoms with Crippen LogP contribution in [0.2, 0.25) is 5.02 Å². The van der Waals surface area contributed by atoms with Crippen molar-refractivity contribution in [3.05, 3.63) is 64.4 Å². The lowest BCUT2D eigenvalue weighted by atomic mass is 10.1. The van der Waals surface area contributed by atoms with Gasteiger partial charge in [-0.3, -0.25) is 14.6 Å². The van der Waals surface area contributed by atoms with Gasteiger partial charge in [0, 0.05) is 36.9 Å². The van der Waals surface area contributed by atoms with Crippen molar-refractivity contribution in [3.63, 3.8) is 0 Å². The minimum atomic E-state index is -0.223. The summed E-state index contributed by atoms with van der Waals surface area (Å²) >= 11 is 5.96. The Morgan fingerprint density at radius 1 is 1.23 bits per heavy atom. The highest BCUT2D eigenvalue weighted by Gasteiger charge is 2.15. The number of nitrogens with zero attached hydrogens (tertiary/aromatic N) is 2. The molecule has 0 aliphatic rings. The van der Waals surface area contributed by atoms with E-state index in [0.717, 1.165) is 18.4 Å². The number of pyridine rings is 1. The fraction of sp³-hybridized carbons (Fsp3) is 0.350. The largest absolute Gasteiger partial charge is 0.352 e. The lowest BCUT2D eigenvalue weighted by molar-refractivity contribution is 0.0787. The Balaban J connectivity index is 1.93. The molecule has 1 N–H and O–H groups in total. The van der Waals surface area contributed by atoms with Crippen molar-refractivity contribution in [2.75, 3.05) is 20.1 Å². The second kappa shape index (κ2) is 9.92. The summed E-state index contributed by atoms with van der Waals surface area (Å²) in [5.74, 6) is -0.397. The van der Waals surface area contributed by atoms with Crippen molar-refractivity contribution in [1.82, 2.24) is 15.2 Å². The number of rotatable bonds is 8. The lowest BCUT2D eigenvalue weighted by Gasteiger charge is -2.16. The fourth-order valence-electron chi connectivity index (χ4n) is 2.50. The van der Waals surface area contributed by atoms with Crippen LogP contribution < -0.4 is 5.32 Å². The number of halogens is 1. The summed E-state index contributed by atoms with van der Waals surface area (Å²) in [5.41, 5.74) is 1.77. The van der Waals surface area contributed by atoms with Crippen molar-refractivity contribution < 1.29 is 9.59 Å². The van der Waals surface area contributed by atoms with Crippen LogP contribution in [0, 0.1) is 0 Å². The van der Waals surface area contributed by atoms with Gasteiger partial charge in [-0.1, -0.05) is 37.1 Å². The Hall–Kier alpha value is -2.40. The highest BCUT2D eigenvalue weighted by molar-refractivity contribution is 6.30. The maximum atomic E-state index is 12.4. The van der Waals surface area contributed by atoms with E-state index in [2.05, 4.69) is 17.2 Å². The smallest absolute Gasteiger partial charge is 0.272 e. The average Bonchev–Trinajstić information content (AvgIpc) is 2.65. The van der Waals surface area contributed by atoms with Gasteiger partial charge in [-0.2, -0.15) is 0 Å². The molecular weight excluding hydrogens is 350 g/mol. The molecule has 0 spiro atoms. The van der Waals surface area contributed by atoms with E-state index in [1.54, 1.807) is 24.1 Å². The Bertz CT molecular complexity index is 764. The monoisotopic (exact) mass is 373 g/mol. The number of carbonyl (C=O) groups is 2. The molecule has 138 valence electrons. The number of amides is 2. The summed E-state index contributed by atoms with van der Waals surface area (Å²) in [6.45, 7) is 3.24. The summed E-state index contributed by atoms with van der Waals surface area (Å²) in [6.07, 6.45) is 4.13. The van der Waals surface area contributed by atoms with Crippen LogP contribution in [0.1, 0.15) is 46.2 Å². The minimum Gasteiger partial charge on any atom is -0.352 e. The molecule has 2 amide bonds. The minimum absolute atomic E-state index is 0.174. The van der Waals surface area contributed by atoms with Crippen LogP contribution in [0.5, 0.6) is 0 Å². The molecule has 0 aliphatic heterocycles. The Kier molecular flexibility index (Phi) is 7.60. The maximum Gasteiger partial charge on any atom is 0.272 e. The molecule has 0 aliphatic carbocycles. The van der Waals surface area contributed by atoms with Gasteiger partial charge < -0.3 is 10.2 Å². The number of benzene rings is 1. The zero-order chi connectivity index (χ0) is 18.9. The lowest BCUT2D eigenvalue weighted by Crippen LogP contribution is -2.29. The van der Waals surface area contributed by atoms with E-state index in [-0.39, 0.29) is 17.5 Å². The zero-order valence-corrected chi connectivity index (χ0v) is 15.9. The number of unbranched alkanes of at least 4 members (excludes halogenated alkanes) is 1. The molecule has 0 bridgehead atoms. The molecule has 0 fully saturated rings. The Morgan fingerprint density at radius 3 is 2.77 bits per heavy atom. The maximum absolute atomic E-state index is 12.4. The third-order valence-corrected chi connectivity index (χ3v) is 4.26. The van der Waals surface area contributed by atoms with Crippen LogP contribution >= 0.6 is 11.6 Å². The van der Waals surface area contributed by atoms with Crippen molar-refractivity contribution in [2.45, 2.75) is 26.2 Å². The predicted molar refractivity (Wildman–Crippen MR) is 104 cm³/mol. The third-order valence-electron chi connectivity index (χ3n) is 4.02. The van der Waals surface area contributed by atoms with Gasteiger partial charge in [0.05, 0.1) is 0 Å². The van der Waals surface area contributed by atoms with Gasteiger partial charge in [0.25, 0.3) is 11.8 Å². The zero-order valence-electron chi connectivity index (χ0n) is 15.2. The molecule has 2 rings (SSSR count). The van der Waals surface area contributed by atoms with Gasteiger partial charge in [-0.05, 0) is 42.7 Å². The van der Waals surface area contributed by atoms with Gasteiger partial charge in [-0.25, -0.2) is 0 Å². The first-order valence-corrected chi connectivity index (χ1v) is 9.13. The van der Waals surface area contributed by atoms with Gasteiger partial charge in [-0.15, -0.1) is 0 Å².